The van der Waals surface area contributed by atoms with Gasteiger partial charge < -0.3 is 10.1 Å². The topological polar surface area (TPSA) is 71.5 Å². The maximum atomic E-state index is 12.0. The summed E-state index contributed by atoms with van der Waals surface area (Å²) in [5, 5.41) is 2.66. The molecular formula is C12H15N3O3. The van der Waals surface area contributed by atoms with Gasteiger partial charge in [-0.1, -0.05) is 0 Å². The molecule has 96 valence electrons. The van der Waals surface area contributed by atoms with Crippen LogP contribution in [0.4, 0.5) is 16.2 Å². The fraction of sp³-hybridized carbons (Fsp3) is 0.417. The molecule has 0 radical (unpaired) electrons. The van der Waals surface area contributed by atoms with Crippen molar-refractivity contribution < 1.29 is 14.3 Å². The number of aromatic nitrogens is 1. The van der Waals surface area contributed by atoms with E-state index in [0.29, 0.717) is 11.4 Å². The molecule has 2 heterocycles. The van der Waals surface area contributed by atoms with Gasteiger partial charge in [0.1, 0.15) is 12.1 Å². The Kier molecular flexibility index (Phi) is 2.94. The van der Waals surface area contributed by atoms with Gasteiger partial charge in [0, 0.05) is 6.20 Å². The first kappa shape index (κ1) is 12.3. The number of carbonyl (C=O) groups is 2. The molecule has 2 amide bonds. The van der Waals surface area contributed by atoms with Gasteiger partial charge in [-0.15, -0.1) is 0 Å². The molecule has 1 aliphatic heterocycles. The third-order valence-corrected chi connectivity index (χ3v) is 2.28. The van der Waals surface area contributed by atoms with Gasteiger partial charge in [-0.25, -0.2) is 4.79 Å². The first-order valence-electron chi connectivity index (χ1n) is 5.61. The summed E-state index contributed by atoms with van der Waals surface area (Å²) in [6.07, 6.45) is 2.53. The van der Waals surface area contributed by atoms with Gasteiger partial charge in [-0.2, -0.15) is 0 Å². The van der Waals surface area contributed by atoms with Gasteiger partial charge in [-0.3, -0.25) is 14.7 Å². The molecule has 0 saturated heterocycles. The van der Waals surface area contributed by atoms with E-state index in [-0.39, 0.29) is 12.5 Å². The van der Waals surface area contributed by atoms with E-state index in [1.54, 1.807) is 33.0 Å². The molecule has 2 rings (SSSR count). The zero-order valence-electron chi connectivity index (χ0n) is 10.6. The highest BCUT2D eigenvalue weighted by atomic mass is 16.6. The molecule has 0 spiro atoms. The fourth-order valence-corrected chi connectivity index (χ4v) is 1.62. The average molecular weight is 249 g/mol. The van der Waals surface area contributed by atoms with E-state index >= 15 is 0 Å². The second kappa shape index (κ2) is 4.29. The van der Waals surface area contributed by atoms with Gasteiger partial charge in [0.2, 0.25) is 5.91 Å². The van der Waals surface area contributed by atoms with Gasteiger partial charge >= 0.3 is 6.09 Å². The fourth-order valence-electron chi connectivity index (χ4n) is 1.62. The number of amides is 2. The molecule has 1 N–H and O–H groups in total. The standard InChI is InChI=1S/C12H15N3O3/c1-12(2,3)18-11(17)15-7-10(16)14-8-6-13-5-4-9(8)15/h4-6H,7H2,1-3H3,(H,14,16). The van der Waals surface area contributed by atoms with E-state index in [1.807, 2.05) is 0 Å². The quantitative estimate of drug-likeness (QED) is 0.760. The highest BCUT2D eigenvalue weighted by molar-refractivity contribution is 6.08. The minimum atomic E-state index is -0.599. The Hall–Kier alpha value is -2.11. The van der Waals surface area contributed by atoms with Crippen molar-refractivity contribution in [3.8, 4) is 0 Å². The lowest BCUT2D eigenvalue weighted by Gasteiger charge is -2.30. The van der Waals surface area contributed by atoms with Crippen molar-refractivity contribution in [2.24, 2.45) is 0 Å². The van der Waals surface area contributed by atoms with Gasteiger partial charge in [-0.05, 0) is 26.8 Å². The number of anilines is 2. The van der Waals surface area contributed by atoms with Crippen LogP contribution in [0.2, 0.25) is 0 Å². The van der Waals surface area contributed by atoms with Crippen LogP contribution in [0, 0.1) is 0 Å². The van der Waals surface area contributed by atoms with Crippen molar-refractivity contribution in [3.05, 3.63) is 18.5 Å². The minimum absolute atomic E-state index is 0.0497. The summed E-state index contributed by atoms with van der Waals surface area (Å²) in [5.41, 5.74) is 0.511. The highest BCUT2D eigenvalue weighted by Crippen LogP contribution is 2.29. The first-order valence-corrected chi connectivity index (χ1v) is 5.61. The largest absolute Gasteiger partial charge is 0.443 e. The minimum Gasteiger partial charge on any atom is -0.443 e. The summed E-state index contributed by atoms with van der Waals surface area (Å²) < 4.78 is 5.27. The lowest BCUT2D eigenvalue weighted by Crippen LogP contribution is -2.44. The number of carbonyl (C=O) groups excluding carboxylic acids is 2. The smallest absolute Gasteiger partial charge is 0.415 e. The van der Waals surface area contributed by atoms with E-state index in [9.17, 15) is 9.59 Å². The number of nitrogens with one attached hydrogen (secondary N) is 1. The zero-order valence-corrected chi connectivity index (χ0v) is 10.6. The second-order valence-electron chi connectivity index (χ2n) is 5.01. The predicted octanol–water partition coefficient (Wildman–Crippen LogP) is 1.78. The van der Waals surface area contributed by atoms with E-state index in [4.69, 9.17) is 4.74 Å². The molecule has 18 heavy (non-hydrogen) atoms. The van der Waals surface area contributed by atoms with Crippen LogP contribution in [-0.4, -0.2) is 29.1 Å². The average Bonchev–Trinajstić information content (AvgIpc) is 2.25. The molecule has 0 bridgehead atoms. The summed E-state index contributed by atoms with van der Waals surface area (Å²) in [4.78, 5) is 28.8. The third kappa shape index (κ3) is 2.58. The number of hydrogen-bond acceptors (Lipinski definition) is 4. The lowest BCUT2D eigenvalue weighted by atomic mass is 10.2. The van der Waals surface area contributed by atoms with Crippen molar-refractivity contribution in [3.63, 3.8) is 0 Å². The molecule has 0 fully saturated rings. The third-order valence-electron chi connectivity index (χ3n) is 2.28. The van der Waals surface area contributed by atoms with Gasteiger partial charge in [0.05, 0.1) is 17.6 Å². The summed E-state index contributed by atoms with van der Waals surface area (Å²) in [7, 11) is 0. The Balaban J connectivity index is 2.29. The Morgan fingerprint density at radius 3 is 2.89 bits per heavy atom. The van der Waals surface area contributed by atoms with E-state index in [2.05, 4.69) is 10.3 Å². The maximum absolute atomic E-state index is 12.0. The second-order valence-corrected chi connectivity index (χ2v) is 5.01. The van der Waals surface area contributed by atoms with Crippen LogP contribution in [-0.2, 0) is 9.53 Å². The summed E-state index contributed by atoms with van der Waals surface area (Å²) in [6, 6.07) is 1.67. The predicted molar refractivity (Wildman–Crippen MR) is 66.4 cm³/mol. The number of hydrogen-bond donors (Lipinski definition) is 1. The highest BCUT2D eigenvalue weighted by Gasteiger charge is 2.30. The van der Waals surface area contributed by atoms with Crippen molar-refractivity contribution in [2.75, 3.05) is 16.8 Å². The molecule has 6 nitrogen and oxygen atoms in total. The molecule has 0 saturated carbocycles. The number of fused-ring (bicyclic) bond motifs is 1. The molecule has 6 heteroatoms. The molecule has 0 aliphatic carbocycles. The summed E-state index contributed by atoms with van der Waals surface area (Å²) >= 11 is 0. The Labute approximate surface area is 105 Å². The zero-order chi connectivity index (χ0) is 13.3. The van der Waals surface area contributed by atoms with Crippen molar-refractivity contribution >= 4 is 23.4 Å². The van der Waals surface area contributed by atoms with Gasteiger partial charge in [0.15, 0.2) is 0 Å². The Bertz CT molecular complexity index is 494. The molecule has 0 unspecified atom stereocenters. The van der Waals surface area contributed by atoms with Crippen LogP contribution in [0.5, 0.6) is 0 Å². The van der Waals surface area contributed by atoms with Gasteiger partial charge in [0.25, 0.3) is 0 Å². The van der Waals surface area contributed by atoms with E-state index in [0.717, 1.165) is 0 Å². The lowest BCUT2D eigenvalue weighted by molar-refractivity contribution is -0.115. The van der Waals surface area contributed by atoms with Crippen LogP contribution in [0.25, 0.3) is 0 Å². The monoisotopic (exact) mass is 249 g/mol. The number of nitrogens with zero attached hydrogens (tertiary/aromatic N) is 2. The van der Waals surface area contributed by atoms with Crippen molar-refractivity contribution in [1.29, 1.82) is 0 Å². The molecule has 1 aromatic heterocycles. The summed E-state index contributed by atoms with van der Waals surface area (Å²) in [6.45, 7) is 5.29. The van der Waals surface area contributed by atoms with E-state index in [1.165, 1.54) is 11.1 Å². The van der Waals surface area contributed by atoms with Crippen LogP contribution in [0.3, 0.4) is 0 Å². The maximum Gasteiger partial charge on any atom is 0.415 e. The molecule has 0 aromatic carbocycles. The van der Waals surface area contributed by atoms with Crippen LogP contribution in [0.1, 0.15) is 20.8 Å². The molecule has 1 aromatic rings. The van der Waals surface area contributed by atoms with E-state index < -0.39 is 11.7 Å². The van der Waals surface area contributed by atoms with Crippen molar-refractivity contribution in [1.82, 2.24) is 4.98 Å². The first-order chi connectivity index (χ1) is 8.37. The molecule has 1 aliphatic rings. The normalized spacial score (nSPS) is 14.8. The van der Waals surface area contributed by atoms with Crippen molar-refractivity contribution in [2.45, 2.75) is 26.4 Å². The number of rotatable bonds is 0. The summed E-state index contributed by atoms with van der Waals surface area (Å²) in [5.74, 6) is -0.263. The Morgan fingerprint density at radius 1 is 1.50 bits per heavy atom. The van der Waals surface area contributed by atoms with Crippen LogP contribution in [0.15, 0.2) is 18.5 Å². The van der Waals surface area contributed by atoms with Crippen LogP contribution >= 0.6 is 0 Å². The molecular weight excluding hydrogens is 234 g/mol. The SMILES string of the molecule is CC(C)(C)OC(=O)N1CC(=O)Nc2cnccc21. The Morgan fingerprint density at radius 2 is 2.22 bits per heavy atom. The number of ether oxygens (including phenoxy) is 1. The molecule has 0 atom stereocenters. The number of pyridine rings is 1. The van der Waals surface area contributed by atoms with Crippen LogP contribution < -0.4 is 10.2 Å².